The summed E-state index contributed by atoms with van der Waals surface area (Å²) in [5.74, 6) is 2.40. The molecule has 1 saturated heterocycles. The highest BCUT2D eigenvalue weighted by Crippen LogP contribution is 2.27. The molecule has 3 rings (SSSR count). The van der Waals surface area contributed by atoms with Crippen molar-refractivity contribution in [1.29, 1.82) is 0 Å². The molecule has 2 aromatic heterocycles. The van der Waals surface area contributed by atoms with Crippen LogP contribution >= 0.6 is 24.0 Å². The molecule has 1 N–H and O–H groups in total. The molecule has 2 unspecified atom stereocenters. The van der Waals surface area contributed by atoms with E-state index in [-0.39, 0.29) is 24.0 Å². The first-order chi connectivity index (χ1) is 11.6. The number of aryl methyl sites for hydroxylation is 2. The van der Waals surface area contributed by atoms with Gasteiger partial charge in [0.15, 0.2) is 5.96 Å². The number of piperidine rings is 1. The zero-order valence-electron chi connectivity index (χ0n) is 15.3. The van der Waals surface area contributed by atoms with Gasteiger partial charge in [0.05, 0.1) is 18.1 Å². The minimum atomic E-state index is 0. The normalized spacial score (nSPS) is 21.1. The van der Waals surface area contributed by atoms with E-state index in [9.17, 15) is 0 Å². The Kier molecular flexibility index (Phi) is 6.86. The summed E-state index contributed by atoms with van der Waals surface area (Å²) in [5, 5.41) is 7.46. The zero-order valence-corrected chi connectivity index (χ0v) is 17.6. The van der Waals surface area contributed by atoms with Crippen LogP contribution in [0.25, 0.3) is 0 Å². The summed E-state index contributed by atoms with van der Waals surface area (Å²) < 4.78 is 7.44. The molecule has 1 aliphatic rings. The fraction of sp³-hybridized carbons (Fsp3) is 0.588. The Labute approximate surface area is 165 Å². The average Bonchev–Trinajstić information content (AvgIpc) is 3.21. The molecule has 8 heteroatoms. The number of nitrogens with zero attached hydrogens (tertiary/aromatic N) is 5. The maximum Gasteiger partial charge on any atom is 0.193 e. The Hall–Kier alpha value is -1.58. The second-order valence-corrected chi connectivity index (χ2v) is 6.49. The van der Waals surface area contributed by atoms with Gasteiger partial charge in [0.25, 0.3) is 0 Å². The van der Waals surface area contributed by atoms with E-state index in [0.717, 1.165) is 42.5 Å². The second-order valence-electron chi connectivity index (χ2n) is 6.49. The van der Waals surface area contributed by atoms with Gasteiger partial charge in [0.1, 0.15) is 5.76 Å². The van der Waals surface area contributed by atoms with Gasteiger partial charge in [-0.15, -0.1) is 24.0 Å². The molecule has 1 fully saturated rings. The van der Waals surface area contributed by atoms with Crippen LogP contribution in [0.1, 0.15) is 36.4 Å². The molecule has 1 aliphatic heterocycles. The fourth-order valence-corrected chi connectivity index (χ4v) is 3.35. The van der Waals surface area contributed by atoms with Gasteiger partial charge in [0.2, 0.25) is 0 Å². The summed E-state index contributed by atoms with van der Waals surface area (Å²) in [4.78, 5) is 11.0. The van der Waals surface area contributed by atoms with E-state index in [1.165, 1.54) is 0 Å². The molecule has 0 radical (unpaired) electrons. The van der Waals surface area contributed by atoms with Crippen molar-refractivity contribution in [2.75, 3.05) is 20.1 Å². The van der Waals surface area contributed by atoms with Gasteiger partial charge >= 0.3 is 0 Å². The molecule has 0 aromatic carbocycles. The number of halogens is 1. The fourth-order valence-electron chi connectivity index (χ4n) is 3.35. The standard InChI is InChI=1S/C17H26N6O.HI/c1-12-5-7-22(10-16(12)23-8-6-19-11-23)17(18-4)20-9-15-13(2)21-24-14(15)3;/h6,8,11-12,16H,5,7,9-10H2,1-4H3,(H,18,20);1H. The third-order valence-corrected chi connectivity index (χ3v) is 4.94. The van der Waals surface area contributed by atoms with E-state index < -0.39 is 0 Å². The van der Waals surface area contributed by atoms with Gasteiger partial charge < -0.3 is 19.3 Å². The quantitative estimate of drug-likeness (QED) is 0.435. The molecule has 0 spiro atoms. The van der Waals surface area contributed by atoms with Crippen molar-refractivity contribution >= 4 is 29.9 Å². The van der Waals surface area contributed by atoms with Crippen molar-refractivity contribution < 1.29 is 4.52 Å². The Bertz CT molecular complexity index is 677. The van der Waals surface area contributed by atoms with E-state index in [1.54, 1.807) is 0 Å². The van der Waals surface area contributed by atoms with Crippen LogP contribution in [-0.2, 0) is 6.54 Å². The van der Waals surface area contributed by atoms with Gasteiger partial charge in [0, 0.05) is 44.6 Å². The van der Waals surface area contributed by atoms with Crippen molar-refractivity contribution in [1.82, 2.24) is 24.9 Å². The predicted molar refractivity (Wildman–Crippen MR) is 108 cm³/mol. The van der Waals surface area contributed by atoms with Crippen LogP contribution in [0.2, 0.25) is 0 Å². The molecule has 2 aromatic rings. The molecule has 0 aliphatic carbocycles. The van der Waals surface area contributed by atoms with Crippen LogP contribution in [0.4, 0.5) is 0 Å². The lowest BCUT2D eigenvalue weighted by Gasteiger charge is -2.39. The Morgan fingerprint density at radius 2 is 2.24 bits per heavy atom. The third-order valence-electron chi connectivity index (χ3n) is 4.94. The molecule has 3 heterocycles. The number of hydrogen-bond acceptors (Lipinski definition) is 4. The number of likely N-dealkylation sites (tertiary alicyclic amines) is 1. The van der Waals surface area contributed by atoms with E-state index in [4.69, 9.17) is 4.52 Å². The van der Waals surface area contributed by atoms with Crippen molar-refractivity contribution in [2.45, 2.75) is 39.8 Å². The smallest absolute Gasteiger partial charge is 0.193 e. The number of aliphatic imine (C=N–C) groups is 1. The minimum Gasteiger partial charge on any atom is -0.361 e. The Morgan fingerprint density at radius 3 is 2.84 bits per heavy atom. The second kappa shape index (κ2) is 8.68. The highest BCUT2D eigenvalue weighted by molar-refractivity contribution is 14.0. The Balaban J connectivity index is 0.00000225. The summed E-state index contributed by atoms with van der Waals surface area (Å²) in [6.45, 7) is 8.83. The van der Waals surface area contributed by atoms with Gasteiger partial charge in [-0.2, -0.15) is 0 Å². The first kappa shape index (κ1) is 19.7. The summed E-state index contributed by atoms with van der Waals surface area (Å²) >= 11 is 0. The Morgan fingerprint density at radius 1 is 1.44 bits per heavy atom. The zero-order chi connectivity index (χ0) is 17.1. The van der Waals surface area contributed by atoms with Crippen LogP contribution < -0.4 is 5.32 Å². The maximum atomic E-state index is 5.23. The number of nitrogens with one attached hydrogen (secondary N) is 1. The van der Waals surface area contributed by atoms with Gasteiger partial charge in [-0.25, -0.2) is 4.98 Å². The van der Waals surface area contributed by atoms with Crippen molar-refractivity contribution in [3.8, 4) is 0 Å². The lowest BCUT2D eigenvalue weighted by Crippen LogP contribution is -2.48. The number of aromatic nitrogens is 3. The average molecular weight is 458 g/mol. The maximum absolute atomic E-state index is 5.23. The molecule has 0 amide bonds. The summed E-state index contributed by atoms with van der Waals surface area (Å²) in [6, 6.07) is 0.416. The number of hydrogen-bond donors (Lipinski definition) is 1. The first-order valence-corrected chi connectivity index (χ1v) is 8.45. The van der Waals surface area contributed by atoms with E-state index in [0.29, 0.717) is 18.5 Å². The summed E-state index contributed by atoms with van der Waals surface area (Å²) in [6.07, 6.45) is 6.93. The molecule has 2 atom stereocenters. The minimum absolute atomic E-state index is 0. The van der Waals surface area contributed by atoms with E-state index in [1.807, 2.05) is 39.6 Å². The summed E-state index contributed by atoms with van der Waals surface area (Å²) in [5.41, 5.74) is 2.03. The lowest BCUT2D eigenvalue weighted by atomic mass is 9.93. The molecular weight excluding hydrogens is 431 g/mol. The van der Waals surface area contributed by atoms with Gasteiger partial charge in [-0.05, 0) is 26.2 Å². The number of imidazole rings is 1. The molecular formula is C17H27IN6O. The summed E-state index contributed by atoms with van der Waals surface area (Å²) in [7, 11) is 1.83. The van der Waals surface area contributed by atoms with Gasteiger partial charge in [-0.1, -0.05) is 12.1 Å². The molecule has 0 saturated carbocycles. The topological polar surface area (TPSA) is 71.5 Å². The van der Waals surface area contributed by atoms with Crippen molar-refractivity contribution in [3.63, 3.8) is 0 Å². The lowest BCUT2D eigenvalue weighted by molar-refractivity contribution is 0.189. The third kappa shape index (κ3) is 4.34. The van der Waals surface area contributed by atoms with E-state index in [2.05, 4.69) is 36.8 Å². The largest absolute Gasteiger partial charge is 0.361 e. The predicted octanol–water partition coefficient (Wildman–Crippen LogP) is 2.76. The SMILES string of the molecule is CN=C(NCc1c(C)noc1C)N1CCC(C)C(n2ccnc2)C1.I. The molecule has 0 bridgehead atoms. The van der Waals surface area contributed by atoms with Crippen LogP contribution in [-0.4, -0.2) is 45.7 Å². The molecule has 7 nitrogen and oxygen atoms in total. The van der Waals surface area contributed by atoms with Crippen LogP contribution in [0, 0.1) is 19.8 Å². The highest BCUT2D eigenvalue weighted by atomic mass is 127. The monoisotopic (exact) mass is 458 g/mol. The van der Waals surface area contributed by atoms with Crippen molar-refractivity contribution in [3.05, 3.63) is 35.7 Å². The van der Waals surface area contributed by atoms with Gasteiger partial charge in [-0.3, -0.25) is 4.99 Å². The number of rotatable bonds is 3. The van der Waals surface area contributed by atoms with Crippen LogP contribution in [0.5, 0.6) is 0 Å². The highest BCUT2D eigenvalue weighted by Gasteiger charge is 2.29. The van der Waals surface area contributed by atoms with E-state index >= 15 is 0 Å². The van der Waals surface area contributed by atoms with Crippen LogP contribution in [0.3, 0.4) is 0 Å². The molecule has 138 valence electrons. The molecule has 25 heavy (non-hydrogen) atoms. The first-order valence-electron chi connectivity index (χ1n) is 8.45. The van der Waals surface area contributed by atoms with Crippen molar-refractivity contribution in [2.24, 2.45) is 10.9 Å². The number of guanidine groups is 1. The van der Waals surface area contributed by atoms with Crippen LogP contribution in [0.15, 0.2) is 28.2 Å².